The smallest absolute Gasteiger partial charge is 0.306 e. The van der Waals surface area contributed by atoms with E-state index in [4.69, 9.17) is 4.74 Å². The van der Waals surface area contributed by atoms with Gasteiger partial charge in [0.15, 0.2) is 0 Å². The van der Waals surface area contributed by atoms with Crippen molar-refractivity contribution in [1.82, 2.24) is 0 Å². The van der Waals surface area contributed by atoms with Gasteiger partial charge in [-0.3, -0.25) is 4.79 Å². The summed E-state index contributed by atoms with van der Waals surface area (Å²) < 4.78 is 5.58. The molecule has 2 heteroatoms. The van der Waals surface area contributed by atoms with Crippen LogP contribution in [0.3, 0.4) is 0 Å². The maximum absolute atomic E-state index is 11.8. The molecule has 0 spiro atoms. The van der Waals surface area contributed by atoms with Gasteiger partial charge in [-0.1, -0.05) is 57.3 Å². The highest BCUT2D eigenvalue weighted by Gasteiger charge is 2.11. The summed E-state index contributed by atoms with van der Waals surface area (Å²) in [6, 6.07) is 0. The monoisotopic (exact) mass is 278 g/mol. The second kappa shape index (κ2) is 11.7. The largest absolute Gasteiger partial charge is 0.458 e. The van der Waals surface area contributed by atoms with Gasteiger partial charge >= 0.3 is 5.97 Å². The molecule has 0 aliphatic carbocycles. The van der Waals surface area contributed by atoms with Gasteiger partial charge in [0.25, 0.3) is 0 Å². The first-order valence-corrected chi connectivity index (χ1v) is 8.35. The average Bonchev–Trinajstić information content (AvgIpc) is 2.44. The van der Waals surface area contributed by atoms with Gasteiger partial charge in [0, 0.05) is 6.42 Å². The Labute approximate surface area is 124 Å². The number of hydrogen-bond acceptors (Lipinski definition) is 2. The van der Waals surface area contributed by atoms with Crippen molar-refractivity contribution in [3.8, 4) is 0 Å². The van der Waals surface area contributed by atoms with E-state index in [1.165, 1.54) is 32.1 Å². The summed E-state index contributed by atoms with van der Waals surface area (Å²) in [6.45, 7) is 2.19. The van der Waals surface area contributed by atoms with E-state index in [1.54, 1.807) is 0 Å². The third-order valence-corrected chi connectivity index (χ3v) is 3.70. The van der Waals surface area contributed by atoms with Crippen LogP contribution in [0, 0.1) is 0 Å². The summed E-state index contributed by atoms with van der Waals surface area (Å²) in [5, 5.41) is 0. The molecule has 0 aromatic carbocycles. The second-order valence-electron chi connectivity index (χ2n) is 5.64. The van der Waals surface area contributed by atoms with Crippen molar-refractivity contribution in [2.24, 2.45) is 0 Å². The Morgan fingerprint density at radius 1 is 1.10 bits per heavy atom. The zero-order valence-electron chi connectivity index (χ0n) is 13.0. The normalized spacial score (nSPS) is 25.4. The molecule has 2 nitrogen and oxygen atoms in total. The molecule has 0 fully saturated rings. The topological polar surface area (TPSA) is 26.3 Å². The molecule has 1 aliphatic rings. The van der Waals surface area contributed by atoms with Crippen molar-refractivity contribution in [1.29, 1.82) is 0 Å². The van der Waals surface area contributed by atoms with Crippen LogP contribution in [-0.4, -0.2) is 12.1 Å². The molecule has 0 radical (unpaired) electrons. The predicted molar refractivity (Wildman–Crippen MR) is 84.6 cm³/mol. The molecule has 0 N–H and O–H groups in total. The third kappa shape index (κ3) is 8.95. The summed E-state index contributed by atoms with van der Waals surface area (Å²) in [5.41, 5.74) is 0. The molecule has 0 bridgehead atoms. The minimum Gasteiger partial charge on any atom is -0.458 e. The Balaban J connectivity index is 2.49. The van der Waals surface area contributed by atoms with Crippen LogP contribution in [0.5, 0.6) is 0 Å². The zero-order chi connectivity index (χ0) is 14.5. The Morgan fingerprint density at radius 3 is 2.75 bits per heavy atom. The van der Waals surface area contributed by atoms with Crippen LogP contribution in [0.1, 0.15) is 77.6 Å². The molecular formula is C18H30O2. The summed E-state index contributed by atoms with van der Waals surface area (Å²) >= 11 is 0. The van der Waals surface area contributed by atoms with Crippen LogP contribution in [-0.2, 0) is 9.53 Å². The molecule has 1 aliphatic heterocycles. The van der Waals surface area contributed by atoms with E-state index >= 15 is 0 Å². The second-order valence-corrected chi connectivity index (χ2v) is 5.64. The van der Waals surface area contributed by atoms with Gasteiger partial charge in [-0.05, 0) is 38.2 Å². The number of carbonyl (C=O) groups excluding carboxylic acids is 1. The molecule has 114 valence electrons. The average molecular weight is 278 g/mol. The van der Waals surface area contributed by atoms with Crippen molar-refractivity contribution >= 4 is 5.97 Å². The first-order chi connectivity index (χ1) is 9.83. The van der Waals surface area contributed by atoms with Crippen molar-refractivity contribution in [3.63, 3.8) is 0 Å². The van der Waals surface area contributed by atoms with E-state index in [0.717, 1.165) is 32.1 Å². The summed E-state index contributed by atoms with van der Waals surface area (Å²) in [4.78, 5) is 11.8. The molecule has 1 atom stereocenters. The summed E-state index contributed by atoms with van der Waals surface area (Å²) in [7, 11) is 0. The fraction of sp³-hybridized carbons (Fsp3) is 0.722. The highest BCUT2D eigenvalue weighted by molar-refractivity contribution is 5.69. The third-order valence-electron chi connectivity index (χ3n) is 3.70. The van der Waals surface area contributed by atoms with E-state index in [9.17, 15) is 4.79 Å². The summed E-state index contributed by atoms with van der Waals surface area (Å²) in [6.07, 6.45) is 20.4. The minimum absolute atomic E-state index is 0.0304. The van der Waals surface area contributed by atoms with Crippen LogP contribution < -0.4 is 0 Å². The first-order valence-electron chi connectivity index (χ1n) is 8.35. The Hall–Kier alpha value is -1.05. The molecule has 20 heavy (non-hydrogen) atoms. The SMILES string of the molecule is CCCCC[C@@H]1/C=C/C=C/CCCCCCCC(=O)O1. The van der Waals surface area contributed by atoms with Gasteiger partial charge in [-0.25, -0.2) is 0 Å². The van der Waals surface area contributed by atoms with Gasteiger partial charge in [-0.2, -0.15) is 0 Å². The van der Waals surface area contributed by atoms with Gasteiger partial charge in [0.2, 0.25) is 0 Å². The minimum atomic E-state index is -0.0401. The predicted octanol–water partition coefficient (Wildman–Crippen LogP) is 5.34. The number of unbranched alkanes of at least 4 members (excludes halogenated alkanes) is 2. The molecule has 1 rings (SSSR count). The molecule has 0 unspecified atom stereocenters. The van der Waals surface area contributed by atoms with Gasteiger partial charge < -0.3 is 4.74 Å². The van der Waals surface area contributed by atoms with Crippen LogP contribution >= 0.6 is 0 Å². The molecular weight excluding hydrogens is 248 g/mol. The maximum Gasteiger partial charge on any atom is 0.306 e. The van der Waals surface area contributed by atoms with E-state index in [0.29, 0.717) is 6.42 Å². The van der Waals surface area contributed by atoms with Crippen molar-refractivity contribution in [3.05, 3.63) is 24.3 Å². The van der Waals surface area contributed by atoms with Crippen molar-refractivity contribution in [2.75, 3.05) is 0 Å². The number of rotatable bonds is 4. The summed E-state index contributed by atoms with van der Waals surface area (Å²) in [5.74, 6) is -0.0304. The number of esters is 1. The van der Waals surface area contributed by atoms with Crippen molar-refractivity contribution in [2.45, 2.75) is 83.7 Å². The Bertz CT molecular complexity index is 305. The maximum atomic E-state index is 11.8. The quantitative estimate of drug-likeness (QED) is 0.513. The van der Waals surface area contributed by atoms with Crippen LogP contribution in [0.25, 0.3) is 0 Å². The lowest BCUT2D eigenvalue weighted by atomic mass is 10.1. The lowest BCUT2D eigenvalue weighted by Gasteiger charge is -2.14. The number of allylic oxidation sites excluding steroid dienone is 3. The van der Waals surface area contributed by atoms with Gasteiger partial charge in [0.1, 0.15) is 6.10 Å². The standard InChI is InChI=1S/C18H30O2/c1-2-3-11-14-17-15-12-9-7-5-4-6-8-10-13-16-18(19)20-17/h7,9,12,15,17H,2-6,8,10-11,13-14,16H2,1H3/b9-7+,15-12+/t17-/m1/s1. The van der Waals surface area contributed by atoms with E-state index in [1.807, 2.05) is 12.2 Å². The highest BCUT2D eigenvalue weighted by atomic mass is 16.5. The van der Waals surface area contributed by atoms with E-state index < -0.39 is 0 Å². The molecule has 0 aromatic heterocycles. The number of hydrogen-bond donors (Lipinski definition) is 0. The van der Waals surface area contributed by atoms with Gasteiger partial charge in [0.05, 0.1) is 0 Å². The van der Waals surface area contributed by atoms with Crippen LogP contribution in [0.4, 0.5) is 0 Å². The molecule has 0 saturated heterocycles. The zero-order valence-corrected chi connectivity index (χ0v) is 13.0. The Morgan fingerprint density at radius 2 is 1.90 bits per heavy atom. The molecule has 0 saturated carbocycles. The lowest BCUT2D eigenvalue weighted by Crippen LogP contribution is -2.16. The van der Waals surface area contributed by atoms with Gasteiger partial charge in [-0.15, -0.1) is 0 Å². The number of ether oxygens (including phenoxy) is 1. The van der Waals surface area contributed by atoms with Crippen LogP contribution in [0.2, 0.25) is 0 Å². The molecule has 0 aromatic rings. The van der Waals surface area contributed by atoms with Crippen LogP contribution in [0.15, 0.2) is 24.3 Å². The lowest BCUT2D eigenvalue weighted by molar-refractivity contribution is -0.147. The molecule has 0 amide bonds. The number of carbonyl (C=O) groups is 1. The fourth-order valence-electron chi connectivity index (χ4n) is 2.44. The van der Waals surface area contributed by atoms with E-state index in [-0.39, 0.29) is 12.1 Å². The van der Waals surface area contributed by atoms with E-state index in [2.05, 4.69) is 19.1 Å². The first kappa shape index (κ1) is 17.0. The fourth-order valence-corrected chi connectivity index (χ4v) is 2.44. The Kier molecular flexibility index (Phi) is 9.99. The van der Waals surface area contributed by atoms with Crippen molar-refractivity contribution < 1.29 is 9.53 Å². The highest BCUT2D eigenvalue weighted by Crippen LogP contribution is 2.13. The molecule has 1 heterocycles. The number of cyclic esters (lactones) is 1.